The quantitative estimate of drug-likeness (QED) is 0.628. The maximum atomic E-state index is 6.04. The van der Waals surface area contributed by atoms with Gasteiger partial charge in [-0.3, -0.25) is 0 Å². The molecule has 114 valence electrons. The van der Waals surface area contributed by atoms with Crippen molar-refractivity contribution in [1.82, 2.24) is 14.5 Å². The van der Waals surface area contributed by atoms with E-state index in [9.17, 15) is 0 Å². The summed E-state index contributed by atoms with van der Waals surface area (Å²) in [6.45, 7) is 1.25. The van der Waals surface area contributed by atoms with E-state index in [4.69, 9.17) is 10.5 Å². The molecule has 0 bridgehead atoms. The number of fused-ring (bicyclic) bond motifs is 3. The van der Waals surface area contributed by atoms with Crippen molar-refractivity contribution >= 4 is 27.8 Å². The van der Waals surface area contributed by atoms with Crippen LogP contribution in [0, 0.1) is 0 Å². The van der Waals surface area contributed by atoms with Crippen LogP contribution in [0.5, 0.6) is 5.75 Å². The lowest BCUT2D eigenvalue weighted by Crippen LogP contribution is -2.07. The predicted octanol–water partition coefficient (Wildman–Crippen LogP) is 3.25. The number of rotatable bonds is 4. The molecule has 0 spiro atoms. The summed E-state index contributed by atoms with van der Waals surface area (Å²) in [5.74, 6) is 1.32. The first-order valence-corrected chi connectivity index (χ1v) is 7.50. The van der Waals surface area contributed by atoms with Crippen LogP contribution in [0.2, 0.25) is 0 Å². The summed E-state index contributed by atoms with van der Waals surface area (Å²) in [5, 5.41) is 1.05. The van der Waals surface area contributed by atoms with Gasteiger partial charge in [0.1, 0.15) is 17.9 Å². The Morgan fingerprint density at radius 3 is 2.65 bits per heavy atom. The number of nitrogens with two attached hydrogens (primary N) is 1. The molecule has 5 heteroatoms. The van der Waals surface area contributed by atoms with Gasteiger partial charge in [0.25, 0.3) is 0 Å². The summed E-state index contributed by atoms with van der Waals surface area (Å²) in [4.78, 5) is 8.83. The third-order valence-corrected chi connectivity index (χ3v) is 3.82. The minimum absolute atomic E-state index is 0.460. The molecule has 0 aliphatic carbocycles. The lowest BCUT2D eigenvalue weighted by atomic mass is 10.2. The molecule has 0 unspecified atom stereocenters. The second-order valence-corrected chi connectivity index (χ2v) is 5.31. The molecular weight excluding hydrogens is 288 g/mol. The lowest BCUT2D eigenvalue weighted by molar-refractivity contribution is 0.300. The molecule has 4 rings (SSSR count). The van der Waals surface area contributed by atoms with Gasteiger partial charge in [0.15, 0.2) is 5.82 Å². The van der Waals surface area contributed by atoms with Crippen molar-refractivity contribution in [1.29, 1.82) is 0 Å². The largest absolute Gasteiger partial charge is 0.492 e. The zero-order valence-electron chi connectivity index (χ0n) is 12.5. The molecule has 0 saturated carbocycles. The maximum Gasteiger partial charge on any atom is 0.152 e. The molecule has 0 aliphatic rings. The first-order chi connectivity index (χ1) is 11.3. The summed E-state index contributed by atoms with van der Waals surface area (Å²) < 4.78 is 7.84. The van der Waals surface area contributed by atoms with Crippen LogP contribution in [0.3, 0.4) is 0 Å². The van der Waals surface area contributed by atoms with E-state index >= 15 is 0 Å². The van der Waals surface area contributed by atoms with Gasteiger partial charge in [0, 0.05) is 5.39 Å². The fraction of sp³-hybridized carbons (Fsp3) is 0.111. The highest BCUT2D eigenvalue weighted by Crippen LogP contribution is 2.26. The zero-order chi connectivity index (χ0) is 15.6. The van der Waals surface area contributed by atoms with Crippen LogP contribution in [-0.4, -0.2) is 21.1 Å². The Labute approximate surface area is 133 Å². The zero-order valence-corrected chi connectivity index (χ0v) is 12.5. The molecule has 4 aromatic rings. The summed E-state index contributed by atoms with van der Waals surface area (Å²) >= 11 is 0. The molecular formula is C18H16N4O. The number of hydrogen-bond acceptors (Lipinski definition) is 4. The van der Waals surface area contributed by atoms with E-state index in [0.717, 1.165) is 27.7 Å². The number of benzene rings is 2. The first kappa shape index (κ1) is 13.6. The number of anilines is 1. The number of ether oxygens (including phenoxy) is 1. The summed E-state index contributed by atoms with van der Waals surface area (Å²) in [6, 6.07) is 17.7. The van der Waals surface area contributed by atoms with E-state index in [2.05, 4.69) is 14.5 Å². The van der Waals surface area contributed by atoms with Crippen molar-refractivity contribution < 1.29 is 4.74 Å². The number of imidazole rings is 1. The number of nitrogens with zero attached hydrogens (tertiary/aromatic N) is 3. The van der Waals surface area contributed by atoms with Crippen LogP contribution in [0.15, 0.2) is 60.9 Å². The van der Waals surface area contributed by atoms with Gasteiger partial charge in [-0.2, -0.15) is 0 Å². The van der Waals surface area contributed by atoms with Crippen LogP contribution < -0.4 is 10.5 Å². The van der Waals surface area contributed by atoms with E-state index in [1.54, 1.807) is 6.33 Å². The molecule has 0 aliphatic heterocycles. The SMILES string of the molecule is Nc1nc2ccccc2c2c1ncn2CCOc1ccccc1. The number of pyridine rings is 1. The Hall–Kier alpha value is -3.08. The van der Waals surface area contributed by atoms with Crippen LogP contribution in [0.25, 0.3) is 21.9 Å². The molecule has 0 radical (unpaired) electrons. The predicted molar refractivity (Wildman–Crippen MR) is 91.4 cm³/mol. The third kappa shape index (κ3) is 2.46. The molecule has 23 heavy (non-hydrogen) atoms. The van der Waals surface area contributed by atoms with Crippen molar-refractivity contribution in [2.24, 2.45) is 0 Å². The van der Waals surface area contributed by atoms with Gasteiger partial charge in [0.05, 0.1) is 23.9 Å². The van der Waals surface area contributed by atoms with Crippen LogP contribution in [0.4, 0.5) is 5.82 Å². The van der Waals surface area contributed by atoms with Crippen molar-refractivity contribution in [2.75, 3.05) is 12.3 Å². The molecule has 2 N–H and O–H groups in total. The van der Waals surface area contributed by atoms with Gasteiger partial charge in [-0.15, -0.1) is 0 Å². The molecule has 0 atom stereocenters. The number of nitrogen functional groups attached to an aromatic ring is 1. The first-order valence-electron chi connectivity index (χ1n) is 7.50. The Bertz CT molecular complexity index is 963. The molecule has 0 saturated heterocycles. The van der Waals surface area contributed by atoms with Crippen molar-refractivity contribution in [3.8, 4) is 5.75 Å². The minimum Gasteiger partial charge on any atom is -0.492 e. The molecule has 0 fully saturated rings. The Morgan fingerprint density at radius 2 is 1.78 bits per heavy atom. The van der Waals surface area contributed by atoms with Crippen molar-refractivity contribution in [2.45, 2.75) is 6.54 Å². The molecule has 5 nitrogen and oxygen atoms in total. The summed E-state index contributed by atoms with van der Waals surface area (Å²) in [5.41, 5.74) is 8.66. The van der Waals surface area contributed by atoms with E-state index in [1.807, 2.05) is 54.6 Å². The second-order valence-electron chi connectivity index (χ2n) is 5.31. The average molecular weight is 304 g/mol. The monoisotopic (exact) mass is 304 g/mol. The van der Waals surface area contributed by atoms with Crippen LogP contribution in [-0.2, 0) is 6.54 Å². The van der Waals surface area contributed by atoms with Gasteiger partial charge < -0.3 is 15.0 Å². The Kier molecular flexibility index (Phi) is 3.31. The standard InChI is InChI=1S/C18H16N4O/c19-18-16-17(14-8-4-5-9-15(14)21-18)22(12-20-16)10-11-23-13-6-2-1-3-7-13/h1-9,12H,10-11H2,(H2,19,21). The van der Waals surface area contributed by atoms with E-state index in [0.29, 0.717) is 19.0 Å². The number of aromatic nitrogens is 3. The van der Waals surface area contributed by atoms with E-state index in [1.165, 1.54) is 0 Å². The van der Waals surface area contributed by atoms with Crippen LogP contribution in [0.1, 0.15) is 0 Å². The fourth-order valence-electron chi connectivity index (χ4n) is 2.75. The third-order valence-electron chi connectivity index (χ3n) is 3.82. The van der Waals surface area contributed by atoms with Crippen LogP contribution >= 0.6 is 0 Å². The van der Waals surface area contributed by atoms with E-state index < -0.39 is 0 Å². The maximum absolute atomic E-state index is 6.04. The fourth-order valence-corrected chi connectivity index (χ4v) is 2.75. The highest BCUT2D eigenvalue weighted by molar-refractivity contribution is 6.06. The normalized spacial score (nSPS) is 11.1. The topological polar surface area (TPSA) is 66.0 Å². The lowest BCUT2D eigenvalue weighted by Gasteiger charge is -2.09. The Balaban J connectivity index is 1.67. The molecule has 0 amide bonds. The van der Waals surface area contributed by atoms with Gasteiger partial charge in [0.2, 0.25) is 0 Å². The summed E-state index contributed by atoms with van der Waals surface area (Å²) in [6.07, 6.45) is 1.80. The highest BCUT2D eigenvalue weighted by atomic mass is 16.5. The number of para-hydroxylation sites is 2. The van der Waals surface area contributed by atoms with Gasteiger partial charge in [-0.05, 0) is 18.2 Å². The smallest absolute Gasteiger partial charge is 0.152 e. The van der Waals surface area contributed by atoms with Crippen molar-refractivity contribution in [3.63, 3.8) is 0 Å². The molecule has 2 aromatic carbocycles. The minimum atomic E-state index is 0.460. The average Bonchev–Trinajstić information content (AvgIpc) is 3.01. The number of hydrogen-bond donors (Lipinski definition) is 1. The van der Waals surface area contributed by atoms with Crippen molar-refractivity contribution in [3.05, 3.63) is 60.9 Å². The van der Waals surface area contributed by atoms with Gasteiger partial charge in [-0.1, -0.05) is 36.4 Å². The Morgan fingerprint density at radius 1 is 1.00 bits per heavy atom. The highest BCUT2D eigenvalue weighted by Gasteiger charge is 2.11. The van der Waals surface area contributed by atoms with Gasteiger partial charge in [-0.25, -0.2) is 9.97 Å². The summed E-state index contributed by atoms with van der Waals surface area (Å²) in [7, 11) is 0. The second kappa shape index (κ2) is 5.61. The molecule has 2 aromatic heterocycles. The molecule has 2 heterocycles. The van der Waals surface area contributed by atoms with E-state index in [-0.39, 0.29) is 0 Å². The van der Waals surface area contributed by atoms with Gasteiger partial charge >= 0.3 is 0 Å².